The van der Waals surface area contributed by atoms with Gasteiger partial charge in [0.2, 0.25) is 0 Å². The molecule has 0 aliphatic carbocycles. The van der Waals surface area contributed by atoms with Gasteiger partial charge in [-0.1, -0.05) is 24.1 Å². The van der Waals surface area contributed by atoms with Gasteiger partial charge < -0.3 is 16.0 Å². The van der Waals surface area contributed by atoms with Crippen LogP contribution in [0, 0.1) is 6.92 Å². The topological polar surface area (TPSA) is 53.2 Å². The largest absolute Gasteiger partial charge is 0.351 e. The summed E-state index contributed by atoms with van der Waals surface area (Å²) in [7, 11) is 0. The van der Waals surface area contributed by atoms with E-state index in [1.54, 1.807) is 0 Å². The molecule has 0 aromatic heterocycles. The van der Waals surface area contributed by atoms with Crippen molar-refractivity contribution in [2.45, 2.75) is 32.2 Å². The first-order valence-electron chi connectivity index (χ1n) is 7.54. The molecule has 1 aliphatic heterocycles. The molecule has 1 aromatic rings. The normalized spacial score (nSPS) is 18.8. The third-order valence-corrected chi connectivity index (χ3v) is 3.70. The highest BCUT2D eigenvalue weighted by Crippen LogP contribution is 2.05. The number of amides is 1. The third-order valence-electron chi connectivity index (χ3n) is 3.70. The summed E-state index contributed by atoms with van der Waals surface area (Å²) in [6, 6.07) is 8.24. The molecule has 0 radical (unpaired) electrons. The zero-order valence-electron chi connectivity index (χ0n) is 12.2. The van der Waals surface area contributed by atoms with Crippen molar-refractivity contribution in [2.24, 2.45) is 0 Å². The van der Waals surface area contributed by atoms with E-state index in [9.17, 15) is 4.79 Å². The van der Waals surface area contributed by atoms with E-state index in [0.717, 1.165) is 25.2 Å². The second-order valence-electron chi connectivity index (χ2n) is 5.47. The van der Waals surface area contributed by atoms with Crippen LogP contribution in [0.1, 0.15) is 35.2 Å². The predicted molar refractivity (Wildman–Crippen MR) is 82.0 cm³/mol. The average Bonchev–Trinajstić information content (AvgIpc) is 2.48. The molecule has 0 bridgehead atoms. The Bertz CT molecular complexity index is 410. The third kappa shape index (κ3) is 4.94. The van der Waals surface area contributed by atoms with Crippen molar-refractivity contribution in [3.05, 3.63) is 35.4 Å². The Morgan fingerprint density at radius 2 is 2.05 bits per heavy atom. The fourth-order valence-corrected chi connectivity index (χ4v) is 2.45. The lowest BCUT2D eigenvalue weighted by atomic mass is 10.1. The molecule has 1 saturated heterocycles. The Morgan fingerprint density at radius 3 is 2.75 bits per heavy atom. The van der Waals surface area contributed by atoms with Gasteiger partial charge in [-0.15, -0.1) is 0 Å². The number of benzene rings is 1. The minimum Gasteiger partial charge on any atom is -0.351 e. The molecule has 2 rings (SSSR count). The lowest BCUT2D eigenvalue weighted by Gasteiger charge is -2.23. The molecule has 4 nitrogen and oxygen atoms in total. The summed E-state index contributed by atoms with van der Waals surface area (Å²) in [6.07, 6.45) is 3.87. The molecule has 3 N–H and O–H groups in total. The molecule has 4 heteroatoms. The summed E-state index contributed by atoms with van der Waals surface area (Å²) < 4.78 is 0. The molecule has 1 heterocycles. The van der Waals surface area contributed by atoms with Crippen LogP contribution < -0.4 is 16.0 Å². The van der Waals surface area contributed by atoms with Crippen LogP contribution in [0.5, 0.6) is 0 Å². The van der Waals surface area contributed by atoms with Crippen LogP contribution in [0.25, 0.3) is 0 Å². The number of carbonyl (C=O) groups is 1. The van der Waals surface area contributed by atoms with E-state index >= 15 is 0 Å². The molecular formula is C16H25N3O. The summed E-state index contributed by atoms with van der Waals surface area (Å²) in [5.74, 6) is 0.00240. The zero-order valence-corrected chi connectivity index (χ0v) is 12.2. The highest BCUT2D eigenvalue weighted by molar-refractivity contribution is 5.94. The van der Waals surface area contributed by atoms with E-state index in [0.29, 0.717) is 12.6 Å². The first kappa shape index (κ1) is 15.0. The average molecular weight is 275 g/mol. The molecule has 1 fully saturated rings. The van der Waals surface area contributed by atoms with Gasteiger partial charge in [-0.3, -0.25) is 4.79 Å². The van der Waals surface area contributed by atoms with Crippen LogP contribution in [0.3, 0.4) is 0 Å². The van der Waals surface area contributed by atoms with Crippen molar-refractivity contribution >= 4 is 5.91 Å². The second kappa shape index (κ2) is 8.02. The van der Waals surface area contributed by atoms with Crippen LogP contribution in [-0.2, 0) is 0 Å². The van der Waals surface area contributed by atoms with Gasteiger partial charge in [-0.25, -0.2) is 0 Å². The lowest BCUT2D eigenvalue weighted by molar-refractivity contribution is 0.0954. The predicted octanol–water partition coefficient (Wildman–Crippen LogP) is 1.46. The van der Waals surface area contributed by atoms with E-state index < -0.39 is 0 Å². The van der Waals surface area contributed by atoms with Crippen molar-refractivity contribution in [3.8, 4) is 0 Å². The van der Waals surface area contributed by atoms with E-state index in [1.165, 1.54) is 24.8 Å². The van der Waals surface area contributed by atoms with Gasteiger partial charge in [0, 0.05) is 31.2 Å². The summed E-state index contributed by atoms with van der Waals surface area (Å²) in [4.78, 5) is 11.9. The zero-order chi connectivity index (χ0) is 14.2. The summed E-state index contributed by atoms with van der Waals surface area (Å²) >= 11 is 0. The maximum Gasteiger partial charge on any atom is 0.251 e. The summed E-state index contributed by atoms with van der Waals surface area (Å²) in [6.45, 7) is 5.62. The highest BCUT2D eigenvalue weighted by atomic mass is 16.1. The molecule has 1 atom stereocenters. The first-order valence-corrected chi connectivity index (χ1v) is 7.54. The van der Waals surface area contributed by atoms with E-state index in [1.807, 2.05) is 31.2 Å². The Labute approximate surface area is 121 Å². The van der Waals surface area contributed by atoms with Gasteiger partial charge in [-0.05, 0) is 38.4 Å². The maximum absolute atomic E-state index is 11.9. The molecule has 1 aromatic carbocycles. The molecule has 1 amide bonds. The SMILES string of the molecule is Cc1ccc(C(=O)NCCNCC2CCCCN2)cc1. The highest BCUT2D eigenvalue weighted by Gasteiger charge is 2.11. The lowest BCUT2D eigenvalue weighted by Crippen LogP contribution is -2.43. The Balaban J connectivity index is 1.58. The minimum atomic E-state index is 0.00240. The maximum atomic E-state index is 11.9. The minimum absolute atomic E-state index is 0.00240. The van der Waals surface area contributed by atoms with Crippen molar-refractivity contribution < 1.29 is 4.79 Å². The number of hydrogen-bond acceptors (Lipinski definition) is 3. The Hall–Kier alpha value is -1.39. The number of piperidine rings is 1. The summed E-state index contributed by atoms with van der Waals surface area (Å²) in [5.41, 5.74) is 1.90. The van der Waals surface area contributed by atoms with Crippen molar-refractivity contribution in [1.29, 1.82) is 0 Å². The van der Waals surface area contributed by atoms with Crippen molar-refractivity contribution in [2.75, 3.05) is 26.2 Å². The fraction of sp³-hybridized carbons (Fsp3) is 0.562. The number of aryl methyl sites for hydroxylation is 1. The van der Waals surface area contributed by atoms with E-state index in [2.05, 4.69) is 16.0 Å². The molecule has 0 saturated carbocycles. The molecule has 20 heavy (non-hydrogen) atoms. The number of carbonyl (C=O) groups excluding carboxylic acids is 1. The number of rotatable bonds is 6. The van der Waals surface area contributed by atoms with Gasteiger partial charge in [0.15, 0.2) is 0 Å². The van der Waals surface area contributed by atoms with E-state index in [4.69, 9.17) is 0 Å². The quantitative estimate of drug-likeness (QED) is 0.689. The van der Waals surface area contributed by atoms with Gasteiger partial charge in [0.25, 0.3) is 5.91 Å². The van der Waals surface area contributed by atoms with E-state index in [-0.39, 0.29) is 5.91 Å². The molecule has 110 valence electrons. The fourth-order valence-electron chi connectivity index (χ4n) is 2.45. The Morgan fingerprint density at radius 1 is 1.25 bits per heavy atom. The van der Waals surface area contributed by atoms with Crippen LogP contribution in [0.4, 0.5) is 0 Å². The van der Waals surface area contributed by atoms with Crippen LogP contribution >= 0.6 is 0 Å². The van der Waals surface area contributed by atoms with Crippen LogP contribution in [0.15, 0.2) is 24.3 Å². The number of hydrogen-bond donors (Lipinski definition) is 3. The Kier molecular flexibility index (Phi) is 6.02. The molecule has 1 aliphatic rings. The van der Waals surface area contributed by atoms with Gasteiger partial charge in [-0.2, -0.15) is 0 Å². The monoisotopic (exact) mass is 275 g/mol. The van der Waals surface area contributed by atoms with Crippen molar-refractivity contribution in [3.63, 3.8) is 0 Å². The number of nitrogens with one attached hydrogen (secondary N) is 3. The molecule has 1 unspecified atom stereocenters. The smallest absolute Gasteiger partial charge is 0.251 e. The first-order chi connectivity index (χ1) is 9.75. The van der Waals surface area contributed by atoms with Crippen molar-refractivity contribution in [1.82, 2.24) is 16.0 Å². The summed E-state index contributed by atoms with van der Waals surface area (Å²) in [5, 5.41) is 9.83. The standard InChI is InChI=1S/C16H25N3O/c1-13-5-7-14(8-6-13)16(20)19-11-10-17-12-15-4-2-3-9-18-15/h5-8,15,17-18H,2-4,9-12H2,1H3,(H,19,20). The van der Waals surface area contributed by atoms with Gasteiger partial charge in [0.1, 0.15) is 0 Å². The second-order valence-corrected chi connectivity index (χ2v) is 5.47. The molecular weight excluding hydrogens is 250 g/mol. The molecule has 0 spiro atoms. The van der Waals surface area contributed by atoms with Crippen LogP contribution in [0.2, 0.25) is 0 Å². The van der Waals surface area contributed by atoms with Gasteiger partial charge >= 0.3 is 0 Å². The van der Waals surface area contributed by atoms with Gasteiger partial charge in [0.05, 0.1) is 0 Å². The van der Waals surface area contributed by atoms with Crippen LogP contribution in [-0.4, -0.2) is 38.1 Å².